The van der Waals surface area contributed by atoms with Gasteiger partial charge in [0.15, 0.2) is 0 Å². The van der Waals surface area contributed by atoms with E-state index in [-0.39, 0.29) is 29.7 Å². The lowest BCUT2D eigenvalue weighted by atomic mass is 9.97. The molecule has 1 unspecified atom stereocenters. The molecule has 3 aromatic carbocycles. The van der Waals surface area contributed by atoms with E-state index < -0.39 is 16.1 Å². The summed E-state index contributed by atoms with van der Waals surface area (Å²) in [7, 11) is -3.56. The summed E-state index contributed by atoms with van der Waals surface area (Å²) >= 11 is 6.12. The number of sulfonamides is 1. The molecule has 0 bridgehead atoms. The number of carbonyl (C=O) groups excluding carboxylic acids is 2. The van der Waals surface area contributed by atoms with Crippen LogP contribution in [0.15, 0.2) is 95.4 Å². The van der Waals surface area contributed by atoms with Gasteiger partial charge in [-0.3, -0.25) is 9.59 Å². The molecule has 9 heteroatoms. The third-order valence-electron chi connectivity index (χ3n) is 7.59. The Kier molecular flexibility index (Phi) is 12.0. The predicted octanol–water partition coefficient (Wildman–Crippen LogP) is 6.35. The van der Waals surface area contributed by atoms with Crippen LogP contribution in [0.25, 0.3) is 0 Å². The molecule has 0 spiro atoms. The molecule has 0 heterocycles. The molecule has 0 aromatic heterocycles. The second-order valence-electron chi connectivity index (χ2n) is 10.8. The Bertz CT molecular complexity index is 1490. The number of aryl methyl sites for hydroxylation is 1. The number of amides is 2. The maximum atomic E-state index is 13.9. The number of allylic oxidation sites excluding steroid dienone is 1. The second kappa shape index (κ2) is 15.8. The highest BCUT2D eigenvalue weighted by Gasteiger charge is 2.31. The first kappa shape index (κ1) is 32.5. The van der Waals surface area contributed by atoms with Crippen molar-refractivity contribution in [1.82, 2.24) is 14.9 Å². The Balaban J connectivity index is 1.55. The number of hydrogen-bond acceptors (Lipinski definition) is 4. The zero-order chi connectivity index (χ0) is 30.7. The van der Waals surface area contributed by atoms with Crippen LogP contribution in [-0.4, -0.2) is 38.2 Å². The van der Waals surface area contributed by atoms with Gasteiger partial charge >= 0.3 is 0 Å². The Morgan fingerprint density at radius 3 is 2.26 bits per heavy atom. The Hall–Kier alpha value is -3.46. The molecule has 1 atom stereocenters. The topological polar surface area (TPSA) is 95.6 Å². The molecule has 43 heavy (non-hydrogen) atoms. The van der Waals surface area contributed by atoms with Gasteiger partial charge in [-0.15, -0.1) is 0 Å². The molecule has 0 radical (unpaired) electrons. The zero-order valence-corrected chi connectivity index (χ0v) is 26.2. The summed E-state index contributed by atoms with van der Waals surface area (Å²) < 4.78 is 27.1. The first-order valence-electron chi connectivity index (χ1n) is 14.9. The first-order valence-corrected chi connectivity index (χ1v) is 16.8. The number of hydrogen-bond donors (Lipinski definition) is 2. The predicted molar refractivity (Wildman–Crippen MR) is 171 cm³/mol. The van der Waals surface area contributed by atoms with E-state index in [0.717, 1.165) is 36.0 Å². The van der Waals surface area contributed by atoms with Crippen LogP contribution in [0.5, 0.6) is 0 Å². The monoisotopic (exact) mass is 621 g/mol. The Morgan fingerprint density at radius 2 is 1.60 bits per heavy atom. The molecule has 3 aromatic rings. The number of nitrogens with zero attached hydrogens (tertiary/aromatic N) is 1. The summed E-state index contributed by atoms with van der Waals surface area (Å²) in [5.74, 6) is -0.402. The largest absolute Gasteiger partial charge is 0.354 e. The van der Waals surface area contributed by atoms with Gasteiger partial charge < -0.3 is 10.2 Å². The molecular weight excluding hydrogens is 582 g/mol. The fraction of sp³-hybridized carbons (Fsp3) is 0.353. The van der Waals surface area contributed by atoms with Crippen LogP contribution in [0.2, 0.25) is 5.02 Å². The van der Waals surface area contributed by atoms with Crippen molar-refractivity contribution in [3.8, 4) is 0 Å². The van der Waals surface area contributed by atoms with Crippen molar-refractivity contribution < 1.29 is 18.0 Å². The van der Waals surface area contributed by atoms with E-state index in [0.29, 0.717) is 24.5 Å². The molecule has 1 aliphatic rings. The average Bonchev–Trinajstić information content (AvgIpc) is 3.02. The van der Waals surface area contributed by atoms with Crippen molar-refractivity contribution in [2.45, 2.75) is 69.4 Å². The number of halogens is 1. The average molecular weight is 622 g/mol. The van der Waals surface area contributed by atoms with Gasteiger partial charge in [-0.25, -0.2) is 13.1 Å². The van der Waals surface area contributed by atoms with E-state index in [2.05, 4.69) is 16.1 Å². The van der Waals surface area contributed by atoms with Crippen molar-refractivity contribution in [3.05, 3.63) is 112 Å². The Labute approximate surface area is 260 Å². The molecule has 0 saturated carbocycles. The molecule has 2 amide bonds. The van der Waals surface area contributed by atoms with Gasteiger partial charge in [-0.2, -0.15) is 0 Å². The lowest BCUT2D eigenvalue weighted by Crippen LogP contribution is -2.43. The highest BCUT2D eigenvalue weighted by Crippen LogP contribution is 2.26. The van der Waals surface area contributed by atoms with Gasteiger partial charge in [-0.05, 0) is 79.5 Å². The summed E-state index contributed by atoms with van der Waals surface area (Å²) in [6.07, 6.45) is 8.19. The summed E-state index contributed by atoms with van der Waals surface area (Å²) in [6.45, 7) is 2.77. The van der Waals surface area contributed by atoms with Crippen LogP contribution in [-0.2, 0) is 32.6 Å². The van der Waals surface area contributed by atoms with Crippen molar-refractivity contribution in [3.63, 3.8) is 0 Å². The van der Waals surface area contributed by atoms with Crippen LogP contribution in [0.1, 0.15) is 68.2 Å². The highest BCUT2D eigenvalue weighted by atomic mass is 35.5. The SMILES string of the molecule is CCNS(=O)(=O)c1ccc(CCC(=O)N(Cc2ccc(Cl)cc2)C(C(=O)NCCC2=CCCCC2)c2ccccc2)cc1. The summed E-state index contributed by atoms with van der Waals surface area (Å²) in [5, 5.41) is 3.70. The third-order valence-corrected chi connectivity index (χ3v) is 9.40. The summed E-state index contributed by atoms with van der Waals surface area (Å²) in [4.78, 5) is 29.6. The fourth-order valence-electron chi connectivity index (χ4n) is 5.30. The van der Waals surface area contributed by atoms with Gasteiger partial charge in [0.05, 0.1) is 4.90 Å². The summed E-state index contributed by atoms with van der Waals surface area (Å²) in [5.41, 5.74) is 3.80. The molecule has 228 valence electrons. The van der Waals surface area contributed by atoms with Gasteiger partial charge in [0, 0.05) is 31.1 Å². The molecule has 4 rings (SSSR count). The molecule has 7 nitrogen and oxygen atoms in total. The van der Waals surface area contributed by atoms with Crippen molar-refractivity contribution in [2.24, 2.45) is 0 Å². The minimum Gasteiger partial charge on any atom is -0.354 e. The maximum absolute atomic E-state index is 13.9. The van der Waals surface area contributed by atoms with E-state index in [1.807, 2.05) is 42.5 Å². The van der Waals surface area contributed by atoms with Crippen molar-refractivity contribution >= 4 is 33.4 Å². The van der Waals surface area contributed by atoms with E-state index >= 15 is 0 Å². The van der Waals surface area contributed by atoms with Gasteiger partial charge in [0.2, 0.25) is 21.8 Å². The zero-order valence-electron chi connectivity index (χ0n) is 24.6. The fourth-order valence-corrected chi connectivity index (χ4v) is 6.46. The van der Waals surface area contributed by atoms with Crippen LogP contribution >= 0.6 is 11.6 Å². The van der Waals surface area contributed by atoms with Crippen LogP contribution in [0.4, 0.5) is 0 Å². The number of benzene rings is 3. The highest BCUT2D eigenvalue weighted by molar-refractivity contribution is 7.89. The summed E-state index contributed by atoms with van der Waals surface area (Å²) in [6, 6.07) is 22.4. The third kappa shape index (κ3) is 9.51. The van der Waals surface area contributed by atoms with Crippen molar-refractivity contribution in [1.29, 1.82) is 0 Å². The van der Waals surface area contributed by atoms with Crippen LogP contribution < -0.4 is 10.0 Å². The molecule has 0 aliphatic heterocycles. The normalized spacial score (nSPS) is 14.0. The number of rotatable bonds is 14. The van der Waals surface area contributed by atoms with E-state index in [4.69, 9.17) is 11.6 Å². The molecule has 0 saturated heterocycles. The van der Waals surface area contributed by atoms with Crippen LogP contribution in [0.3, 0.4) is 0 Å². The smallest absolute Gasteiger partial charge is 0.247 e. The molecule has 2 N–H and O–H groups in total. The second-order valence-corrected chi connectivity index (χ2v) is 13.0. The van der Waals surface area contributed by atoms with E-state index in [9.17, 15) is 18.0 Å². The van der Waals surface area contributed by atoms with Gasteiger partial charge in [0.25, 0.3) is 0 Å². The standard InChI is InChI=1S/C34H40ClN3O4S/c1-2-37-43(41,42)31-20-15-27(16-21-31)17-22-32(39)38(25-28-13-18-30(35)19-14-28)33(29-11-7-4-8-12-29)34(40)36-24-23-26-9-5-3-6-10-26/h4,7-9,11-16,18-21,33,37H,2-3,5-6,10,17,22-25H2,1H3,(H,36,40). The van der Waals surface area contributed by atoms with Gasteiger partial charge in [0.1, 0.15) is 6.04 Å². The lowest BCUT2D eigenvalue weighted by Gasteiger charge is -2.32. The number of carbonyl (C=O) groups is 2. The Morgan fingerprint density at radius 1 is 0.907 bits per heavy atom. The van der Waals surface area contributed by atoms with Gasteiger partial charge in [-0.1, -0.05) is 84.8 Å². The number of nitrogens with one attached hydrogen (secondary N) is 2. The minimum atomic E-state index is -3.56. The van der Waals surface area contributed by atoms with Crippen molar-refractivity contribution in [2.75, 3.05) is 13.1 Å². The molecule has 1 aliphatic carbocycles. The lowest BCUT2D eigenvalue weighted by molar-refractivity contribution is -0.141. The maximum Gasteiger partial charge on any atom is 0.247 e. The van der Waals surface area contributed by atoms with E-state index in [1.165, 1.54) is 18.4 Å². The van der Waals surface area contributed by atoms with Crippen LogP contribution in [0, 0.1) is 0 Å². The first-order chi connectivity index (χ1) is 20.8. The minimum absolute atomic E-state index is 0.149. The quantitative estimate of drug-likeness (QED) is 0.205. The molecule has 0 fully saturated rings. The molecular formula is C34H40ClN3O4S. The van der Waals surface area contributed by atoms with E-state index in [1.54, 1.807) is 48.2 Å².